The highest BCUT2D eigenvalue weighted by molar-refractivity contribution is 6.36. The van der Waals surface area contributed by atoms with E-state index in [0.29, 0.717) is 50.1 Å². The van der Waals surface area contributed by atoms with Gasteiger partial charge in [0, 0.05) is 34.8 Å². The minimum absolute atomic E-state index is 0.0160. The highest BCUT2D eigenvalue weighted by Gasteiger charge is 2.30. The van der Waals surface area contributed by atoms with Crippen LogP contribution >= 0.6 is 23.2 Å². The van der Waals surface area contributed by atoms with Crippen LogP contribution in [-0.2, 0) is 4.79 Å². The number of carbonyl (C=O) groups excluding carboxylic acids is 1. The topological polar surface area (TPSA) is 121 Å². The van der Waals surface area contributed by atoms with Crippen molar-refractivity contribution in [1.82, 2.24) is 20.1 Å². The van der Waals surface area contributed by atoms with Crippen molar-refractivity contribution < 1.29 is 4.79 Å². The molecule has 1 saturated carbocycles. The van der Waals surface area contributed by atoms with Crippen LogP contribution in [0.2, 0.25) is 10.0 Å². The van der Waals surface area contributed by atoms with Crippen molar-refractivity contribution in [3.8, 4) is 6.07 Å². The van der Waals surface area contributed by atoms with Crippen molar-refractivity contribution in [2.75, 3.05) is 22.6 Å². The summed E-state index contributed by atoms with van der Waals surface area (Å²) in [6.45, 7) is 6.99. The van der Waals surface area contributed by atoms with E-state index in [4.69, 9.17) is 23.2 Å². The van der Waals surface area contributed by atoms with Gasteiger partial charge in [-0.15, -0.1) is 5.10 Å². The predicted octanol–water partition coefficient (Wildman–Crippen LogP) is 6.14. The van der Waals surface area contributed by atoms with Gasteiger partial charge in [0.05, 0.1) is 34.0 Å². The Morgan fingerprint density at radius 2 is 1.97 bits per heavy atom. The molecule has 1 atom stereocenters. The average Bonchev–Trinajstić information content (AvgIpc) is 3.65. The first-order chi connectivity index (χ1) is 18.6. The summed E-state index contributed by atoms with van der Waals surface area (Å²) >= 11 is 13.3. The molecule has 2 aromatic carbocycles. The van der Waals surface area contributed by atoms with Crippen LogP contribution in [0.1, 0.15) is 56.5 Å². The van der Waals surface area contributed by atoms with Gasteiger partial charge in [0.1, 0.15) is 11.8 Å². The van der Waals surface area contributed by atoms with Gasteiger partial charge in [0.2, 0.25) is 5.91 Å². The molecule has 4 aromatic rings. The van der Waals surface area contributed by atoms with E-state index in [0.717, 1.165) is 18.4 Å². The lowest BCUT2D eigenvalue weighted by molar-refractivity contribution is -0.118. The molecule has 11 heteroatoms. The molecule has 0 bridgehead atoms. The van der Waals surface area contributed by atoms with Crippen LogP contribution < -0.4 is 16.1 Å². The van der Waals surface area contributed by atoms with E-state index in [1.165, 1.54) is 11.0 Å². The van der Waals surface area contributed by atoms with Gasteiger partial charge in [-0.1, -0.05) is 62.2 Å². The summed E-state index contributed by atoms with van der Waals surface area (Å²) in [7, 11) is 0. The fraction of sp³-hybridized carbons (Fsp3) is 0.321. The van der Waals surface area contributed by atoms with E-state index in [9.17, 15) is 10.1 Å². The first-order valence-corrected chi connectivity index (χ1v) is 13.4. The number of rotatable bonds is 8. The molecule has 1 unspecified atom stereocenters. The third kappa shape index (κ3) is 6.08. The smallest absolute Gasteiger partial charge is 0.243 e. The number of anilines is 2. The first kappa shape index (κ1) is 26.7. The van der Waals surface area contributed by atoms with Crippen LogP contribution in [0.4, 0.5) is 11.4 Å². The molecule has 3 N–H and O–H groups in total. The standard InChI is InChI=1S/C28H28Cl2N8O/c1-28(2,3)15-33-24-17(12-31)13-32-25-20(24)10-18(11-22(25)30)34-26(19-6-4-5-7-21(19)29)23-14-38(37-35-23)36-27(39)16-8-9-16/h4-7,10-11,13-14,16,26,34H,8-9,15H2,1-3H3,(H,32,33)(H,36,39). The van der Waals surface area contributed by atoms with E-state index in [1.807, 2.05) is 24.3 Å². The van der Waals surface area contributed by atoms with E-state index >= 15 is 0 Å². The van der Waals surface area contributed by atoms with Crippen LogP contribution in [0.15, 0.2) is 48.8 Å². The molecular weight excluding hydrogens is 535 g/mol. The SMILES string of the molecule is CC(C)(C)CNc1c(C#N)cnc2c(Cl)cc(NC(c3cn(NC(=O)C4CC4)nn3)c3ccccc3Cl)cc12. The monoisotopic (exact) mass is 562 g/mol. The highest BCUT2D eigenvalue weighted by Crippen LogP contribution is 2.37. The summed E-state index contributed by atoms with van der Waals surface area (Å²) in [4.78, 5) is 18.0. The number of benzene rings is 2. The Hall–Kier alpha value is -3.87. The van der Waals surface area contributed by atoms with Crippen molar-refractivity contribution in [2.24, 2.45) is 11.3 Å². The predicted molar refractivity (Wildman–Crippen MR) is 153 cm³/mol. The summed E-state index contributed by atoms with van der Waals surface area (Å²) in [6, 6.07) is 12.8. The van der Waals surface area contributed by atoms with Gasteiger partial charge in [-0.05, 0) is 47.2 Å². The minimum Gasteiger partial charge on any atom is -0.383 e. The first-order valence-electron chi connectivity index (χ1n) is 12.6. The molecule has 200 valence electrons. The maximum absolute atomic E-state index is 12.2. The number of pyridine rings is 1. The Morgan fingerprint density at radius 3 is 2.67 bits per heavy atom. The molecule has 39 heavy (non-hydrogen) atoms. The molecule has 0 spiro atoms. The van der Waals surface area contributed by atoms with Crippen LogP contribution in [-0.4, -0.2) is 32.5 Å². The molecule has 0 saturated heterocycles. The number of halogens is 2. The Bertz CT molecular complexity index is 1580. The second-order valence-corrected chi connectivity index (χ2v) is 11.7. The zero-order chi connectivity index (χ0) is 27.7. The Kier molecular flexibility index (Phi) is 7.34. The number of hydrogen-bond acceptors (Lipinski definition) is 7. The van der Waals surface area contributed by atoms with Gasteiger partial charge in [-0.2, -0.15) is 10.1 Å². The summed E-state index contributed by atoms with van der Waals surface area (Å²) < 4.78 is 0. The molecule has 2 aromatic heterocycles. The average molecular weight is 563 g/mol. The zero-order valence-corrected chi connectivity index (χ0v) is 23.3. The third-order valence-electron chi connectivity index (χ3n) is 6.35. The van der Waals surface area contributed by atoms with Gasteiger partial charge in [0.25, 0.3) is 0 Å². The third-order valence-corrected chi connectivity index (χ3v) is 6.98. The largest absolute Gasteiger partial charge is 0.383 e. The lowest BCUT2D eigenvalue weighted by atomic mass is 9.96. The number of nitrogens with one attached hydrogen (secondary N) is 3. The number of nitriles is 1. The number of nitrogens with zero attached hydrogens (tertiary/aromatic N) is 5. The molecule has 1 aliphatic rings. The molecule has 1 aliphatic carbocycles. The van der Waals surface area contributed by atoms with Gasteiger partial charge >= 0.3 is 0 Å². The van der Waals surface area contributed by atoms with Gasteiger partial charge in [-0.25, -0.2) is 5.43 Å². The minimum atomic E-state index is -0.517. The summed E-state index contributed by atoms with van der Waals surface area (Å²) in [5, 5.41) is 26.8. The van der Waals surface area contributed by atoms with Crippen LogP contribution in [0, 0.1) is 22.7 Å². The number of fused-ring (bicyclic) bond motifs is 1. The van der Waals surface area contributed by atoms with Crippen molar-refractivity contribution in [3.63, 3.8) is 0 Å². The fourth-order valence-electron chi connectivity index (χ4n) is 4.17. The number of amides is 1. The Morgan fingerprint density at radius 1 is 1.21 bits per heavy atom. The second kappa shape index (κ2) is 10.7. The molecule has 1 amide bonds. The molecule has 5 rings (SSSR count). The highest BCUT2D eigenvalue weighted by atomic mass is 35.5. The van der Waals surface area contributed by atoms with Crippen molar-refractivity contribution in [1.29, 1.82) is 5.26 Å². The number of carbonyl (C=O) groups is 1. The quantitative estimate of drug-likeness (QED) is 0.235. The van der Waals surface area contributed by atoms with Gasteiger partial charge in [0.15, 0.2) is 0 Å². The Balaban J connectivity index is 1.55. The van der Waals surface area contributed by atoms with E-state index in [1.54, 1.807) is 18.3 Å². The molecule has 0 radical (unpaired) electrons. The van der Waals surface area contributed by atoms with Crippen LogP contribution in [0.25, 0.3) is 10.9 Å². The number of aromatic nitrogens is 4. The summed E-state index contributed by atoms with van der Waals surface area (Å²) in [5.41, 5.74) is 6.42. The zero-order valence-electron chi connectivity index (χ0n) is 21.8. The number of hydrogen-bond donors (Lipinski definition) is 3. The van der Waals surface area contributed by atoms with Gasteiger partial charge < -0.3 is 10.6 Å². The molecule has 2 heterocycles. The summed E-state index contributed by atoms with van der Waals surface area (Å²) in [5.74, 6) is -0.0472. The van der Waals surface area contributed by atoms with E-state index in [-0.39, 0.29) is 17.2 Å². The van der Waals surface area contributed by atoms with Crippen LogP contribution in [0.5, 0.6) is 0 Å². The van der Waals surface area contributed by atoms with Gasteiger partial charge in [-0.3, -0.25) is 9.78 Å². The lowest BCUT2D eigenvalue weighted by Gasteiger charge is -2.22. The molecule has 1 fully saturated rings. The molecule has 0 aliphatic heterocycles. The maximum atomic E-state index is 12.2. The fourth-order valence-corrected chi connectivity index (χ4v) is 4.68. The van der Waals surface area contributed by atoms with Crippen LogP contribution in [0.3, 0.4) is 0 Å². The summed E-state index contributed by atoms with van der Waals surface area (Å²) in [6.07, 6.45) is 4.96. The maximum Gasteiger partial charge on any atom is 0.243 e. The molecular formula is C28H28Cl2N8O. The van der Waals surface area contributed by atoms with E-state index in [2.05, 4.69) is 58.2 Å². The Labute approximate surface area is 236 Å². The van der Waals surface area contributed by atoms with E-state index < -0.39 is 6.04 Å². The van der Waals surface area contributed by atoms with Crippen molar-refractivity contribution in [2.45, 2.75) is 39.7 Å². The van der Waals surface area contributed by atoms with Crippen molar-refractivity contribution >= 4 is 51.4 Å². The normalized spacial score (nSPS) is 14.1. The molecule has 9 nitrogen and oxygen atoms in total. The lowest BCUT2D eigenvalue weighted by Crippen LogP contribution is -2.24. The van der Waals surface area contributed by atoms with Crippen molar-refractivity contribution in [3.05, 3.63) is 75.7 Å². The second-order valence-electron chi connectivity index (χ2n) is 10.9.